The summed E-state index contributed by atoms with van der Waals surface area (Å²) in [5.74, 6) is -0.00269. The zero-order valence-corrected chi connectivity index (χ0v) is 9.06. The summed E-state index contributed by atoms with van der Waals surface area (Å²) in [6.45, 7) is 1.29. The van der Waals surface area contributed by atoms with E-state index in [0.717, 1.165) is 6.07 Å². The van der Waals surface area contributed by atoms with Gasteiger partial charge in [0, 0.05) is 5.92 Å². The van der Waals surface area contributed by atoms with Crippen LogP contribution in [-0.4, -0.2) is 18.1 Å². The van der Waals surface area contributed by atoms with Crippen molar-refractivity contribution in [2.45, 2.75) is 13.3 Å². The van der Waals surface area contributed by atoms with E-state index in [1.807, 2.05) is 0 Å². The summed E-state index contributed by atoms with van der Waals surface area (Å²) in [6, 6.07) is 4.00. The van der Waals surface area contributed by atoms with Gasteiger partial charge in [-0.2, -0.15) is 0 Å². The average Bonchev–Trinajstić information content (AvgIpc) is 2.18. The lowest BCUT2D eigenvalue weighted by molar-refractivity contribution is -0.274. The molecule has 0 heterocycles. The van der Waals surface area contributed by atoms with Crippen molar-refractivity contribution in [3.63, 3.8) is 0 Å². The third-order valence-corrected chi connectivity index (χ3v) is 2.28. The van der Waals surface area contributed by atoms with Crippen molar-refractivity contribution in [3.8, 4) is 5.75 Å². The molecule has 1 aromatic rings. The summed E-state index contributed by atoms with van der Waals surface area (Å²) < 4.78 is 39.7. The molecule has 89 valence electrons. The fraction of sp³-hybridized carbons (Fsp3) is 0.300. The number of rotatable bonds is 3. The van der Waals surface area contributed by atoms with E-state index in [4.69, 9.17) is 16.7 Å². The molecule has 0 aromatic heterocycles. The van der Waals surface area contributed by atoms with Gasteiger partial charge in [0.15, 0.2) is 0 Å². The maximum Gasteiger partial charge on any atom is 0.573 e. The largest absolute Gasteiger partial charge is 0.573 e. The van der Waals surface area contributed by atoms with Crippen LogP contribution < -0.4 is 4.74 Å². The van der Waals surface area contributed by atoms with Crippen LogP contribution in [0.1, 0.15) is 12.5 Å². The number of benzene rings is 1. The van der Waals surface area contributed by atoms with Crippen molar-refractivity contribution < 1.29 is 23.0 Å². The molecule has 2 nitrogen and oxygen atoms in total. The Labute approximate surface area is 95.6 Å². The van der Waals surface area contributed by atoms with Crippen molar-refractivity contribution in [1.82, 2.24) is 0 Å². The number of hydrogen-bond donors (Lipinski definition) is 1. The number of aliphatic hydroxyl groups is 1. The van der Waals surface area contributed by atoms with Crippen molar-refractivity contribution in [2.75, 3.05) is 6.61 Å². The summed E-state index contributed by atoms with van der Waals surface area (Å²) in [7, 11) is 0. The van der Waals surface area contributed by atoms with Gasteiger partial charge in [0.1, 0.15) is 5.75 Å². The summed E-state index contributed by atoms with van der Waals surface area (Å²) in [4.78, 5) is 0. The fourth-order valence-electron chi connectivity index (χ4n) is 1.13. The lowest BCUT2D eigenvalue weighted by Crippen LogP contribution is -2.17. The van der Waals surface area contributed by atoms with Gasteiger partial charge in [-0.05, 0) is 11.6 Å². The molecule has 0 bridgehead atoms. The Bertz CT molecular complexity index is 366. The van der Waals surface area contributed by atoms with Crippen LogP contribution >= 0.6 is 11.6 Å². The molecule has 0 atom stereocenters. The van der Waals surface area contributed by atoms with Crippen LogP contribution in [0, 0.1) is 5.92 Å². The molecule has 0 fully saturated rings. The van der Waals surface area contributed by atoms with E-state index in [0.29, 0.717) is 11.5 Å². The normalized spacial score (nSPS) is 11.9. The van der Waals surface area contributed by atoms with E-state index in [9.17, 15) is 13.2 Å². The molecule has 0 saturated carbocycles. The summed E-state index contributed by atoms with van der Waals surface area (Å²) >= 11 is 5.73. The van der Waals surface area contributed by atoms with Gasteiger partial charge in [-0.15, -0.1) is 13.2 Å². The SMILES string of the molecule is C[C](CO)c1cccc(OC(F)(F)F)c1Cl. The molecule has 0 unspecified atom stereocenters. The molecule has 16 heavy (non-hydrogen) atoms. The summed E-state index contributed by atoms with van der Waals surface area (Å²) in [6.07, 6.45) is -4.78. The van der Waals surface area contributed by atoms with Gasteiger partial charge in [-0.25, -0.2) is 0 Å². The molecule has 6 heteroatoms. The highest BCUT2D eigenvalue weighted by Gasteiger charge is 2.32. The van der Waals surface area contributed by atoms with Crippen LogP contribution in [0.3, 0.4) is 0 Å². The maximum atomic E-state index is 12.0. The van der Waals surface area contributed by atoms with E-state index in [2.05, 4.69) is 4.74 Å². The van der Waals surface area contributed by atoms with Gasteiger partial charge in [-0.3, -0.25) is 0 Å². The Morgan fingerprint density at radius 2 is 2.06 bits per heavy atom. The Kier molecular flexibility index (Phi) is 4.04. The number of hydrogen-bond acceptors (Lipinski definition) is 2. The van der Waals surface area contributed by atoms with Crippen molar-refractivity contribution >= 4 is 11.6 Å². The van der Waals surface area contributed by atoms with Gasteiger partial charge in [0.05, 0.1) is 11.6 Å². The molecule has 1 N–H and O–H groups in total. The standard InChI is InChI=1S/C10H9ClF3O2/c1-6(5-15)7-3-2-4-8(9(7)11)16-10(12,13)14/h2-4,15H,5H2,1H3. The predicted molar refractivity (Wildman–Crippen MR) is 53.2 cm³/mol. The number of aliphatic hydroxyl groups excluding tert-OH is 1. The number of halogens is 4. The highest BCUT2D eigenvalue weighted by molar-refractivity contribution is 6.33. The minimum absolute atomic E-state index is 0.161. The first-order valence-corrected chi connectivity index (χ1v) is 4.71. The minimum Gasteiger partial charge on any atom is -0.404 e. The van der Waals surface area contributed by atoms with Crippen molar-refractivity contribution in [1.29, 1.82) is 0 Å². The second-order valence-electron chi connectivity index (χ2n) is 3.10. The maximum absolute atomic E-state index is 12.0. The molecule has 0 aliphatic carbocycles. The minimum atomic E-state index is -4.78. The van der Waals surface area contributed by atoms with Crippen LogP contribution in [0.2, 0.25) is 5.02 Å². The van der Waals surface area contributed by atoms with Crippen molar-refractivity contribution in [2.24, 2.45) is 0 Å². The van der Waals surface area contributed by atoms with E-state index < -0.39 is 12.1 Å². The van der Waals surface area contributed by atoms with Gasteiger partial charge >= 0.3 is 6.36 Å². The molecule has 1 aromatic carbocycles. The lowest BCUT2D eigenvalue weighted by atomic mass is 10.0. The Hall–Kier alpha value is -0.940. The number of ether oxygens (including phenoxy) is 1. The van der Waals surface area contributed by atoms with Crippen LogP contribution in [0.15, 0.2) is 18.2 Å². The Morgan fingerprint density at radius 3 is 2.56 bits per heavy atom. The molecular formula is C10H9ClF3O2. The zero-order valence-electron chi connectivity index (χ0n) is 8.31. The zero-order chi connectivity index (χ0) is 12.3. The van der Waals surface area contributed by atoms with Gasteiger partial charge in [0.2, 0.25) is 0 Å². The average molecular weight is 254 g/mol. The molecule has 0 saturated heterocycles. The second kappa shape index (κ2) is 4.93. The highest BCUT2D eigenvalue weighted by atomic mass is 35.5. The van der Waals surface area contributed by atoms with Gasteiger partial charge in [-0.1, -0.05) is 30.7 Å². The molecule has 1 rings (SSSR count). The first kappa shape index (κ1) is 13.1. The predicted octanol–water partition coefficient (Wildman–Crippen LogP) is 3.17. The van der Waals surface area contributed by atoms with Crippen LogP contribution in [-0.2, 0) is 0 Å². The van der Waals surface area contributed by atoms with E-state index in [-0.39, 0.29) is 11.6 Å². The van der Waals surface area contributed by atoms with Crippen LogP contribution in [0.25, 0.3) is 0 Å². The topological polar surface area (TPSA) is 29.5 Å². The number of alkyl halides is 3. The first-order chi connectivity index (χ1) is 7.35. The fourth-order valence-corrected chi connectivity index (χ4v) is 1.45. The molecule has 0 spiro atoms. The first-order valence-electron chi connectivity index (χ1n) is 4.33. The Morgan fingerprint density at radius 1 is 1.44 bits per heavy atom. The third-order valence-electron chi connectivity index (χ3n) is 1.89. The molecule has 0 amide bonds. The molecule has 0 aliphatic heterocycles. The van der Waals surface area contributed by atoms with Gasteiger partial charge < -0.3 is 9.84 Å². The quantitative estimate of drug-likeness (QED) is 0.897. The van der Waals surface area contributed by atoms with E-state index in [1.165, 1.54) is 12.1 Å². The Balaban J connectivity index is 3.04. The lowest BCUT2D eigenvalue weighted by Gasteiger charge is -2.15. The summed E-state index contributed by atoms with van der Waals surface area (Å²) in [5.41, 5.74) is 0.339. The molecular weight excluding hydrogens is 245 g/mol. The third kappa shape index (κ3) is 3.28. The van der Waals surface area contributed by atoms with Crippen molar-refractivity contribution in [3.05, 3.63) is 34.7 Å². The van der Waals surface area contributed by atoms with Crippen LogP contribution in [0.5, 0.6) is 5.75 Å². The summed E-state index contributed by atoms with van der Waals surface area (Å²) in [5, 5.41) is 8.72. The monoisotopic (exact) mass is 253 g/mol. The highest BCUT2D eigenvalue weighted by Crippen LogP contribution is 2.35. The van der Waals surface area contributed by atoms with E-state index >= 15 is 0 Å². The molecule has 0 aliphatic rings. The second-order valence-corrected chi connectivity index (χ2v) is 3.48. The van der Waals surface area contributed by atoms with Crippen LogP contribution in [0.4, 0.5) is 13.2 Å². The molecule has 1 radical (unpaired) electrons. The van der Waals surface area contributed by atoms with E-state index in [1.54, 1.807) is 6.92 Å². The van der Waals surface area contributed by atoms with Gasteiger partial charge in [0.25, 0.3) is 0 Å². The smallest absolute Gasteiger partial charge is 0.404 e.